The van der Waals surface area contributed by atoms with Crippen molar-refractivity contribution in [1.82, 2.24) is 5.32 Å². The maximum atomic E-state index is 13.4. The molecule has 1 heterocycles. The number of benzene rings is 1. The quantitative estimate of drug-likeness (QED) is 0.351. The molecule has 0 spiro atoms. The van der Waals surface area contributed by atoms with Crippen LogP contribution in [0.2, 0.25) is 5.02 Å². The number of nitrogens with one attached hydrogen (secondary N) is 1. The van der Waals surface area contributed by atoms with Crippen LogP contribution in [0.1, 0.15) is 58.4 Å². The van der Waals surface area contributed by atoms with Crippen molar-refractivity contribution in [3.8, 4) is 0 Å². The summed E-state index contributed by atoms with van der Waals surface area (Å²) in [6, 6.07) is 7.28. The number of hydrogen-bond donors (Lipinski definition) is 2. The standard InChI is InChI=1S/C25H35ClN2O4/c1-5-25(3,4)14-21(29)18-15-28-20(16-31-13-9-12-27)23(24(30)32-6-2)22(18)17-10-7-8-11-19(17)26/h7-8,10-11,15,22,28H,5-6,9,12-14,16,27H2,1-4H3. The van der Waals surface area contributed by atoms with Gasteiger partial charge in [0.15, 0.2) is 5.78 Å². The van der Waals surface area contributed by atoms with E-state index < -0.39 is 11.9 Å². The van der Waals surface area contributed by atoms with E-state index in [0.717, 1.165) is 6.42 Å². The maximum absolute atomic E-state index is 13.4. The number of carbonyl (C=O) groups excluding carboxylic acids is 2. The summed E-state index contributed by atoms with van der Waals surface area (Å²) in [6.07, 6.45) is 3.61. The Balaban J connectivity index is 2.55. The van der Waals surface area contributed by atoms with E-state index in [4.69, 9.17) is 26.8 Å². The number of ketones is 1. The fourth-order valence-corrected chi connectivity index (χ4v) is 3.76. The predicted molar refractivity (Wildman–Crippen MR) is 127 cm³/mol. The summed E-state index contributed by atoms with van der Waals surface area (Å²) in [5, 5.41) is 3.62. The number of carbonyl (C=O) groups is 2. The Labute approximate surface area is 196 Å². The Bertz CT molecular complexity index is 876. The molecule has 1 aromatic rings. The monoisotopic (exact) mass is 462 g/mol. The maximum Gasteiger partial charge on any atom is 0.336 e. The van der Waals surface area contributed by atoms with Gasteiger partial charge in [0.1, 0.15) is 0 Å². The van der Waals surface area contributed by atoms with Crippen LogP contribution in [0.15, 0.2) is 47.3 Å². The number of esters is 1. The molecule has 0 aliphatic carbocycles. The molecule has 6 nitrogen and oxygen atoms in total. The van der Waals surface area contributed by atoms with Crippen molar-refractivity contribution < 1.29 is 19.1 Å². The van der Waals surface area contributed by atoms with Gasteiger partial charge in [-0.2, -0.15) is 0 Å². The van der Waals surface area contributed by atoms with E-state index in [0.29, 0.717) is 53.4 Å². The van der Waals surface area contributed by atoms with E-state index in [1.807, 2.05) is 18.2 Å². The van der Waals surface area contributed by atoms with Gasteiger partial charge in [-0.3, -0.25) is 4.79 Å². The molecule has 0 radical (unpaired) electrons. The molecule has 176 valence electrons. The molecule has 1 unspecified atom stereocenters. The highest BCUT2D eigenvalue weighted by Gasteiger charge is 2.38. The molecule has 0 fully saturated rings. The van der Waals surface area contributed by atoms with Gasteiger partial charge in [-0.05, 0) is 36.9 Å². The lowest BCUT2D eigenvalue weighted by molar-refractivity contribution is -0.138. The lowest BCUT2D eigenvalue weighted by Crippen LogP contribution is -2.33. The lowest BCUT2D eigenvalue weighted by Gasteiger charge is -2.31. The second kappa shape index (κ2) is 12.2. The summed E-state index contributed by atoms with van der Waals surface area (Å²) in [4.78, 5) is 26.6. The van der Waals surface area contributed by atoms with E-state index in [1.165, 1.54) is 0 Å². The van der Waals surface area contributed by atoms with Crippen LogP contribution in [0, 0.1) is 5.41 Å². The normalized spacial score (nSPS) is 16.4. The Kier molecular flexibility index (Phi) is 9.94. The highest BCUT2D eigenvalue weighted by molar-refractivity contribution is 6.31. The summed E-state index contributed by atoms with van der Waals surface area (Å²) in [5.41, 5.74) is 7.48. The topological polar surface area (TPSA) is 90.7 Å². The molecule has 0 bridgehead atoms. The number of dihydropyridines is 1. The van der Waals surface area contributed by atoms with Crippen molar-refractivity contribution in [3.63, 3.8) is 0 Å². The molecule has 3 N–H and O–H groups in total. The summed E-state index contributed by atoms with van der Waals surface area (Å²) in [6.45, 7) is 9.31. The van der Waals surface area contributed by atoms with Gasteiger partial charge in [0.25, 0.3) is 0 Å². The molecular weight excluding hydrogens is 428 g/mol. The number of ether oxygens (including phenoxy) is 2. The van der Waals surface area contributed by atoms with Gasteiger partial charge in [0.05, 0.1) is 24.5 Å². The first kappa shape index (κ1) is 26.1. The molecule has 1 aromatic carbocycles. The highest BCUT2D eigenvalue weighted by atomic mass is 35.5. The number of rotatable bonds is 12. The SMILES string of the molecule is CCOC(=O)C1=C(COCCCN)NC=C(C(=O)CC(C)(C)CC)C1c1ccccc1Cl. The van der Waals surface area contributed by atoms with E-state index in [-0.39, 0.29) is 24.4 Å². The third-order valence-electron chi connectivity index (χ3n) is 5.70. The van der Waals surface area contributed by atoms with Crippen LogP contribution in [0.3, 0.4) is 0 Å². The second-order valence-corrected chi connectivity index (χ2v) is 9.03. The van der Waals surface area contributed by atoms with Crippen molar-refractivity contribution in [1.29, 1.82) is 0 Å². The van der Waals surface area contributed by atoms with Gasteiger partial charge in [-0.25, -0.2) is 4.79 Å². The summed E-state index contributed by atoms with van der Waals surface area (Å²) < 4.78 is 11.1. The average Bonchev–Trinajstić information content (AvgIpc) is 2.76. The van der Waals surface area contributed by atoms with Crippen molar-refractivity contribution in [2.75, 3.05) is 26.4 Å². The van der Waals surface area contributed by atoms with Gasteiger partial charge in [-0.1, -0.05) is 57.0 Å². The zero-order chi connectivity index (χ0) is 23.7. The van der Waals surface area contributed by atoms with Gasteiger partial charge in [-0.15, -0.1) is 0 Å². The molecular formula is C25H35ClN2O4. The zero-order valence-corrected chi connectivity index (χ0v) is 20.3. The Morgan fingerprint density at radius 3 is 2.56 bits per heavy atom. The molecule has 1 aliphatic rings. The summed E-state index contributed by atoms with van der Waals surface area (Å²) in [7, 11) is 0. The van der Waals surface area contributed by atoms with Gasteiger partial charge < -0.3 is 20.5 Å². The second-order valence-electron chi connectivity index (χ2n) is 8.62. The van der Waals surface area contributed by atoms with Crippen LogP contribution in [0.5, 0.6) is 0 Å². The fraction of sp³-hybridized carbons (Fsp3) is 0.520. The summed E-state index contributed by atoms with van der Waals surface area (Å²) >= 11 is 6.55. The number of allylic oxidation sites excluding steroid dienone is 1. The average molecular weight is 463 g/mol. The van der Waals surface area contributed by atoms with Crippen LogP contribution < -0.4 is 11.1 Å². The number of halogens is 1. The molecule has 1 aliphatic heterocycles. The van der Waals surface area contributed by atoms with Crippen molar-refractivity contribution in [3.05, 3.63) is 57.9 Å². The van der Waals surface area contributed by atoms with Crippen molar-refractivity contribution in [2.24, 2.45) is 11.1 Å². The molecule has 32 heavy (non-hydrogen) atoms. The van der Waals surface area contributed by atoms with E-state index in [1.54, 1.807) is 19.2 Å². The minimum absolute atomic E-state index is 0.0285. The van der Waals surface area contributed by atoms with Gasteiger partial charge >= 0.3 is 5.97 Å². The Morgan fingerprint density at radius 2 is 1.94 bits per heavy atom. The minimum Gasteiger partial charge on any atom is -0.463 e. The number of nitrogens with two attached hydrogens (primary N) is 1. The van der Waals surface area contributed by atoms with Crippen molar-refractivity contribution in [2.45, 2.75) is 52.9 Å². The number of Topliss-reactive ketones (excluding diaryl/α,β-unsaturated/α-hetero) is 1. The van der Waals surface area contributed by atoms with Crippen LogP contribution in [0.4, 0.5) is 0 Å². The summed E-state index contributed by atoms with van der Waals surface area (Å²) in [5.74, 6) is -1.16. The fourth-order valence-electron chi connectivity index (χ4n) is 3.52. The van der Waals surface area contributed by atoms with Crippen LogP contribution >= 0.6 is 11.6 Å². The zero-order valence-electron chi connectivity index (χ0n) is 19.5. The predicted octanol–water partition coefficient (Wildman–Crippen LogP) is 4.49. The van der Waals surface area contributed by atoms with Crippen molar-refractivity contribution >= 4 is 23.4 Å². The van der Waals surface area contributed by atoms with E-state index in [9.17, 15) is 9.59 Å². The molecule has 0 aromatic heterocycles. The van der Waals surface area contributed by atoms with Crippen LogP contribution in [-0.4, -0.2) is 38.1 Å². The smallest absolute Gasteiger partial charge is 0.336 e. The van der Waals surface area contributed by atoms with Crippen LogP contribution in [-0.2, 0) is 19.1 Å². The van der Waals surface area contributed by atoms with Crippen LogP contribution in [0.25, 0.3) is 0 Å². The first-order valence-electron chi connectivity index (χ1n) is 11.2. The molecule has 1 atom stereocenters. The largest absolute Gasteiger partial charge is 0.463 e. The third-order valence-corrected chi connectivity index (χ3v) is 6.04. The Hall–Kier alpha value is -2.15. The molecule has 0 saturated heterocycles. The molecule has 0 amide bonds. The third kappa shape index (κ3) is 6.67. The molecule has 7 heteroatoms. The molecule has 0 saturated carbocycles. The first-order valence-corrected chi connectivity index (χ1v) is 11.6. The Morgan fingerprint density at radius 1 is 1.22 bits per heavy atom. The lowest BCUT2D eigenvalue weighted by atomic mass is 9.76. The van der Waals surface area contributed by atoms with Gasteiger partial charge in [0.2, 0.25) is 0 Å². The minimum atomic E-state index is -0.641. The highest BCUT2D eigenvalue weighted by Crippen LogP contribution is 2.41. The van der Waals surface area contributed by atoms with Gasteiger partial charge in [0, 0.05) is 35.7 Å². The first-order chi connectivity index (χ1) is 15.3. The number of hydrogen-bond acceptors (Lipinski definition) is 6. The van der Waals surface area contributed by atoms with E-state index >= 15 is 0 Å². The van der Waals surface area contributed by atoms with E-state index in [2.05, 4.69) is 26.1 Å². The molecule has 2 rings (SSSR count).